The fraction of sp³-hybridized carbons (Fsp3) is 0.538. The molecule has 1 aliphatic rings. The van der Waals surface area contributed by atoms with Gasteiger partial charge in [0.1, 0.15) is 5.75 Å². The van der Waals surface area contributed by atoms with Gasteiger partial charge in [-0.05, 0) is 37.0 Å². The van der Waals surface area contributed by atoms with Gasteiger partial charge >= 0.3 is 0 Å². The van der Waals surface area contributed by atoms with Gasteiger partial charge in [0.15, 0.2) is 0 Å². The van der Waals surface area contributed by atoms with Crippen molar-refractivity contribution in [3.63, 3.8) is 0 Å². The predicted octanol–water partition coefficient (Wildman–Crippen LogP) is 1.87. The van der Waals surface area contributed by atoms with E-state index in [2.05, 4.69) is 0 Å². The molecule has 1 aliphatic heterocycles. The maximum atomic E-state index is 10.4. The van der Waals surface area contributed by atoms with Crippen LogP contribution in [0.1, 0.15) is 24.8 Å². The highest BCUT2D eigenvalue weighted by atomic mass is 16.5. The normalized spacial score (nSPS) is 26.3. The topological polar surface area (TPSA) is 49.7 Å². The Labute approximate surface area is 95.7 Å². The largest absolute Gasteiger partial charge is 0.508 e. The molecular weight excluding hydrogens is 204 g/mol. The Balaban J connectivity index is 2.04. The summed E-state index contributed by atoms with van der Waals surface area (Å²) in [5.41, 5.74) is 0.412. The van der Waals surface area contributed by atoms with E-state index in [0.29, 0.717) is 19.4 Å². The molecule has 1 heterocycles. The Hall–Kier alpha value is -1.06. The number of hydrogen-bond donors (Lipinski definition) is 2. The number of rotatable bonds is 2. The van der Waals surface area contributed by atoms with Crippen LogP contribution in [0.15, 0.2) is 24.3 Å². The molecule has 1 aromatic rings. The molecule has 0 radical (unpaired) electrons. The van der Waals surface area contributed by atoms with Gasteiger partial charge in [-0.25, -0.2) is 0 Å². The van der Waals surface area contributed by atoms with Crippen molar-refractivity contribution in [2.45, 2.75) is 31.3 Å². The van der Waals surface area contributed by atoms with Crippen LogP contribution in [0.3, 0.4) is 0 Å². The van der Waals surface area contributed by atoms with E-state index in [1.807, 2.05) is 12.1 Å². The summed E-state index contributed by atoms with van der Waals surface area (Å²) in [7, 11) is 0. The van der Waals surface area contributed by atoms with Crippen LogP contribution >= 0.6 is 0 Å². The van der Waals surface area contributed by atoms with Gasteiger partial charge < -0.3 is 14.9 Å². The second kappa shape index (κ2) is 4.85. The Kier molecular flexibility index (Phi) is 3.46. The lowest BCUT2D eigenvalue weighted by atomic mass is 9.88. The van der Waals surface area contributed by atoms with E-state index < -0.39 is 5.60 Å². The van der Waals surface area contributed by atoms with Gasteiger partial charge in [-0.3, -0.25) is 0 Å². The molecule has 0 bridgehead atoms. The zero-order chi connectivity index (χ0) is 11.4. The van der Waals surface area contributed by atoms with Crippen LogP contribution in [0.25, 0.3) is 0 Å². The summed E-state index contributed by atoms with van der Waals surface area (Å²) in [5, 5.41) is 19.6. The van der Waals surface area contributed by atoms with Crippen LogP contribution in [0.4, 0.5) is 0 Å². The Morgan fingerprint density at radius 2 is 1.88 bits per heavy atom. The Bertz CT molecular complexity index is 324. The average Bonchev–Trinajstić information content (AvgIpc) is 2.47. The molecule has 0 spiro atoms. The number of phenolic OH excluding ortho intramolecular Hbond substituents is 1. The molecule has 0 saturated carbocycles. The van der Waals surface area contributed by atoms with Gasteiger partial charge in [0, 0.05) is 19.6 Å². The second-order valence-corrected chi connectivity index (χ2v) is 4.53. The number of aliphatic hydroxyl groups is 1. The third-order valence-corrected chi connectivity index (χ3v) is 3.11. The van der Waals surface area contributed by atoms with E-state index in [9.17, 15) is 10.2 Å². The number of ether oxygens (including phenoxy) is 1. The zero-order valence-corrected chi connectivity index (χ0v) is 9.35. The molecule has 0 aromatic heterocycles. The summed E-state index contributed by atoms with van der Waals surface area (Å²) < 4.78 is 5.35. The third-order valence-electron chi connectivity index (χ3n) is 3.11. The van der Waals surface area contributed by atoms with Gasteiger partial charge in [-0.15, -0.1) is 0 Å². The minimum absolute atomic E-state index is 0.264. The summed E-state index contributed by atoms with van der Waals surface area (Å²) in [6, 6.07) is 7.04. The molecular formula is C13H18O3. The first-order valence-electron chi connectivity index (χ1n) is 5.76. The predicted molar refractivity (Wildman–Crippen MR) is 61.4 cm³/mol. The maximum Gasteiger partial charge on any atom is 0.115 e. The van der Waals surface area contributed by atoms with E-state index >= 15 is 0 Å². The second-order valence-electron chi connectivity index (χ2n) is 4.53. The van der Waals surface area contributed by atoms with E-state index in [1.165, 1.54) is 0 Å². The molecule has 0 aliphatic carbocycles. The van der Waals surface area contributed by atoms with E-state index in [-0.39, 0.29) is 5.75 Å². The van der Waals surface area contributed by atoms with Crippen molar-refractivity contribution in [1.29, 1.82) is 0 Å². The molecule has 1 unspecified atom stereocenters. The van der Waals surface area contributed by atoms with E-state index in [1.54, 1.807) is 12.1 Å². The summed E-state index contributed by atoms with van der Waals surface area (Å²) >= 11 is 0. The summed E-state index contributed by atoms with van der Waals surface area (Å²) in [5.74, 6) is 0.264. The van der Waals surface area contributed by atoms with Gasteiger partial charge in [0.2, 0.25) is 0 Å². The fourth-order valence-electron chi connectivity index (χ4n) is 2.16. The van der Waals surface area contributed by atoms with Gasteiger partial charge in [-0.1, -0.05) is 12.1 Å². The van der Waals surface area contributed by atoms with Gasteiger partial charge in [0.25, 0.3) is 0 Å². The first-order chi connectivity index (χ1) is 7.68. The molecule has 3 heteroatoms. The maximum absolute atomic E-state index is 10.4. The van der Waals surface area contributed by atoms with Crippen molar-refractivity contribution in [3.8, 4) is 5.75 Å². The van der Waals surface area contributed by atoms with Crippen molar-refractivity contribution in [2.75, 3.05) is 13.2 Å². The van der Waals surface area contributed by atoms with Crippen molar-refractivity contribution >= 4 is 0 Å². The number of phenols is 1. The van der Waals surface area contributed by atoms with E-state index in [4.69, 9.17) is 4.74 Å². The monoisotopic (exact) mass is 222 g/mol. The van der Waals surface area contributed by atoms with Crippen molar-refractivity contribution in [2.24, 2.45) is 0 Å². The highest BCUT2D eigenvalue weighted by Crippen LogP contribution is 2.26. The van der Waals surface area contributed by atoms with Gasteiger partial charge in [0.05, 0.1) is 5.60 Å². The van der Waals surface area contributed by atoms with Crippen molar-refractivity contribution < 1.29 is 14.9 Å². The smallest absolute Gasteiger partial charge is 0.115 e. The van der Waals surface area contributed by atoms with E-state index in [0.717, 1.165) is 25.0 Å². The molecule has 2 rings (SSSR count). The first kappa shape index (κ1) is 11.4. The molecule has 88 valence electrons. The third kappa shape index (κ3) is 2.97. The molecule has 1 atom stereocenters. The summed E-state index contributed by atoms with van der Waals surface area (Å²) in [6.45, 7) is 1.38. The van der Waals surface area contributed by atoms with Gasteiger partial charge in [-0.2, -0.15) is 0 Å². The quantitative estimate of drug-likeness (QED) is 0.803. The molecule has 3 nitrogen and oxygen atoms in total. The van der Waals surface area contributed by atoms with Crippen LogP contribution in [0.5, 0.6) is 5.75 Å². The molecule has 16 heavy (non-hydrogen) atoms. The lowest BCUT2D eigenvalue weighted by Gasteiger charge is -2.26. The molecule has 0 amide bonds. The van der Waals surface area contributed by atoms with Crippen molar-refractivity contribution in [1.82, 2.24) is 0 Å². The average molecular weight is 222 g/mol. The lowest BCUT2D eigenvalue weighted by Crippen LogP contribution is -2.31. The standard InChI is InChI=1S/C13H18O3/c14-12-4-2-11(3-5-12)10-13(15)6-1-8-16-9-7-13/h2-5,14-15H,1,6-10H2. The SMILES string of the molecule is Oc1ccc(CC2(O)CCCOCC2)cc1. The molecule has 1 aromatic carbocycles. The summed E-state index contributed by atoms with van der Waals surface area (Å²) in [6.07, 6.45) is 3.02. The number of aromatic hydroxyl groups is 1. The summed E-state index contributed by atoms with van der Waals surface area (Å²) in [4.78, 5) is 0. The molecule has 2 N–H and O–H groups in total. The first-order valence-corrected chi connectivity index (χ1v) is 5.76. The van der Waals surface area contributed by atoms with Crippen LogP contribution in [0, 0.1) is 0 Å². The molecule has 1 fully saturated rings. The van der Waals surface area contributed by atoms with Crippen LogP contribution in [0.2, 0.25) is 0 Å². The fourth-order valence-corrected chi connectivity index (χ4v) is 2.16. The zero-order valence-electron chi connectivity index (χ0n) is 9.35. The molecule has 1 saturated heterocycles. The Morgan fingerprint density at radius 3 is 2.62 bits per heavy atom. The number of benzene rings is 1. The number of hydrogen-bond acceptors (Lipinski definition) is 3. The lowest BCUT2D eigenvalue weighted by molar-refractivity contribution is 0.0188. The Morgan fingerprint density at radius 1 is 1.12 bits per heavy atom. The highest BCUT2D eigenvalue weighted by Gasteiger charge is 2.28. The van der Waals surface area contributed by atoms with Crippen molar-refractivity contribution in [3.05, 3.63) is 29.8 Å². The van der Waals surface area contributed by atoms with Crippen LogP contribution in [-0.4, -0.2) is 29.0 Å². The minimum Gasteiger partial charge on any atom is -0.508 e. The highest BCUT2D eigenvalue weighted by molar-refractivity contribution is 5.26. The van der Waals surface area contributed by atoms with Crippen LogP contribution < -0.4 is 0 Å². The van der Waals surface area contributed by atoms with Crippen LogP contribution in [-0.2, 0) is 11.2 Å². The minimum atomic E-state index is -0.645.